The second-order valence-electron chi connectivity index (χ2n) is 9.34. The molecule has 0 unspecified atom stereocenters. The van der Waals surface area contributed by atoms with E-state index in [4.69, 9.17) is 29.0 Å². The predicted octanol–water partition coefficient (Wildman–Crippen LogP) is 5.20. The van der Waals surface area contributed by atoms with Crippen LogP contribution in [0.3, 0.4) is 0 Å². The van der Waals surface area contributed by atoms with Gasteiger partial charge < -0.3 is 23.8 Å². The van der Waals surface area contributed by atoms with Crippen molar-refractivity contribution < 1.29 is 18.9 Å². The molecule has 0 saturated heterocycles. The summed E-state index contributed by atoms with van der Waals surface area (Å²) in [4.78, 5) is 7.46. The van der Waals surface area contributed by atoms with E-state index < -0.39 is 0 Å². The van der Waals surface area contributed by atoms with Crippen molar-refractivity contribution in [2.24, 2.45) is 0 Å². The highest BCUT2D eigenvalue weighted by molar-refractivity contribution is 5.83. The van der Waals surface area contributed by atoms with Gasteiger partial charge in [-0.3, -0.25) is 0 Å². The van der Waals surface area contributed by atoms with Gasteiger partial charge in [0, 0.05) is 24.2 Å². The lowest BCUT2D eigenvalue weighted by Crippen LogP contribution is -2.27. The largest absolute Gasteiger partial charge is 0.497 e. The second kappa shape index (κ2) is 9.02. The number of aryl methyl sites for hydroxylation is 2. The molecule has 4 heterocycles. The van der Waals surface area contributed by atoms with Gasteiger partial charge in [0.05, 0.1) is 31.7 Å². The molecule has 36 heavy (non-hydrogen) atoms. The molecule has 6 rings (SSSR count). The molecule has 8 heteroatoms. The van der Waals surface area contributed by atoms with Crippen LogP contribution in [0.4, 0.5) is 5.82 Å². The number of hydrogen-bond acceptors (Lipinski definition) is 7. The summed E-state index contributed by atoms with van der Waals surface area (Å²) in [6, 6.07) is 12.3. The summed E-state index contributed by atoms with van der Waals surface area (Å²) in [5.41, 5.74) is 8.32. The first kappa shape index (κ1) is 22.7. The average Bonchev–Trinajstić information content (AvgIpc) is 3.60. The summed E-state index contributed by atoms with van der Waals surface area (Å²) >= 11 is 0. The highest BCUT2D eigenvalue weighted by atomic mass is 16.7. The summed E-state index contributed by atoms with van der Waals surface area (Å²) < 4.78 is 24.5. The summed E-state index contributed by atoms with van der Waals surface area (Å²) in [6.07, 6.45) is 0.995. The van der Waals surface area contributed by atoms with E-state index in [1.165, 1.54) is 0 Å². The smallest absolute Gasteiger partial charge is 0.231 e. The third-order valence-corrected chi connectivity index (χ3v) is 6.89. The molecular weight excluding hydrogens is 456 g/mol. The molecular formula is C28H30N4O4. The van der Waals surface area contributed by atoms with Gasteiger partial charge in [0.15, 0.2) is 17.1 Å². The lowest BCUT2D eigenvalue weighted by atomic mass is 10.0. The fraction of sp³-hybridized carbons (Fsp3) is 0.357. The highest BCUT2D eigenvalue weighted by Crippen LogP contribution is 2.38. The van der Waals surface area contributed by atoms with Crippen LogP contribution in [0.2, 0.25) is 0 Å². The number of nitrogens with zero attached hydrogens (tertiary/aromatic N) is 4. The van der Waals surface area contributed by atoms with Gasteiger partial charge in [-0.05, 0) is 61.2 Å². The Bertz CT molecular complexity index is 1460. The van der Waals surface area contributed by atoms with Crippen LogP contribution >= 0.6 is 0 Å². The van der Waals surface area contributed by atoms with Gasteiger partial charge in [0.1, 0.15) is 11.6 Å². The Morgan fingerprint density at radius 3 is 2.72 bits per heavy atom. The standard InChI is InChI=1S/C28H30N4O4/c1-5-10-31(13-19-6-9-24-25(12-19)36-16-35-24)28-22-14-34-15-23(22)29-27-26(18(3)30-32(27)28)21-8-7-20(33-4)11-17(21)2/h6-9,11-12H,5,10,13-16H2,1-4H3. The van der Waals surface area contributed by atoms with Crippen molar-refractivity contribution in [2.45, 2.75) is 47.0 Å². The normalized spacial score (nSPS) is 13.9. The van der Waals surface area contributed by atoms with Crippen LogP contribution in [0.5, 0.6) is 17.2 Å². The van der Waals surface area contributed by atoms with Crippen LogP contribution in [-0.2, 0) is 24.5 Å². The molecule has 0 radical (unpaired) electrons. The van der Waals surface area contributed by atoms with Crippen molar-refractivity contribution in [3.8, 4) is 28.4 Å². The average molecular weight is 487 g/mol. The number of fused-ring (bicyclic) bond motifs is 3. The number of anilines is 1. The van der Waals surface area contributed by atoms with Crippen LogP contribution in [0.15, 0.2) is 36.4 Å². The molecule has 0 saturated carbocycles. The molecule has 8 nitrogen and oxygen atoms in total. The van der Waals surface area contributed by atoms with Gasteiger partial charge in [-0.1, -0.05) is 19.1 Å². The molecule has 0 atom stereocenters. The topological polar surface area (TPSA) is 70.4 Å². The zero-order chi connectivity index (χ0) is 24.8. The molecule has 2 aromatic heterocycles. The molecule has 0 aliphatic carbocycles. The molecule has 0 N–H and O–H groups in total. The summed E-state index contributed by atoms with van der Waals surface area (Å²) in [7, 11) is 1.69. The van der Waals surface area contributed by atoms with Gasteiger partial charge in [-0.15, -0.1) is 0 Å². The van der Waals surface area contributed by atoms with E-state index in [9.17, 15) is 0 Å². The van der Waals surface area contributed by atoms with Crippen molar-refractivity contribution in [3.05, 3.63) is 64.5 Å². The van der Waals surface area contributed by atoms with Gasteiger partial charge in [0.25, 0.3) is 0 Å². The first-order valence-corrected chi connectivity index (χ1v) is 12.3. The van der Waals surface area contributed by atoms with Gasteiger partial charge in [0.2, 0.25) is 6.79 Å². The number of methoxy groups -OCH3 is 1. The molecule has 0 bridgehead atoms. The Labute approximate surface area is 210 Å². The van der Waals surface area contributed by atoms with Crippen LogP contribution in [0, 0.1) is 13.8 Å². The van der Waals surface area contributed by atoms with E-state index in [-0.39, 0.29) is 6.79 Å². The van der Waals surface area contributed by atoms with Crippen molar-refractivity contribution in [1.29, 1.82) is 0 Å². The van der Waals surface area contributed by atoms with Gasteiger partial charge >= 0.3 is 0 Å². The molecule has 0 amide bonds. The van der Waals surface area contributed by atoms with Crippen molar-refractivity contribution >= 4 is 11.5 Å². The lowest BCUT2D eigenvalue weighted by molar-refractivity contribution is 0.133. The zero-order valence-corrected chi connectivity index (χ0v) is 21.1. The summed E-state index contributed by atoms with van der Waals surface area (Å²) in [6.45, 7) is 9.25. The number of hydrogen-bond donors (Lipinski definition) is 0. The third-order valence-electron chi connectivity index (χ3n) is 6.89. The molecule has 2 aliphatic heterocycles. The van der Waals surface area contributed by atoms with E-state index in [2.05, 4.69) is 49.9 Å². The number of ether oxygens (including phenoxy) is 4. The minimum atomic E-state index is 0.271. The summed E-state index contributed by atoms with van der Waals surface area (Å²) in [5.74, 6) is 3.48. The van der Waals surface area contributed by atoms with E-state index in [1.54, 1.807) is 7.11 Å². The maximum absolute atomic E-state index is 5.88. The maximum Gasteiger partial charge on any atom is 0.231 e. The van der Waals surface area contributed by atoms with Crippen LogP contribution in [0.1, 0.15) is 41.4 Å². The number of rotatable bonds is 7. The van der Waals surface area contributed by atoms with Crippen molar-refractivity contribution in [3.63, 3.8) is 0 Å². The third kappa shape index (κ3) is 3.73. The Hall–Kier alpha value is -3.78. The first-order chi connectivity index (χ1) is 17.6. The number of benzene rings is 2. The monoisotopic (exact) mass is 486 g/mol. The summed E-state index contributed by atoms with van der Waals surface area (Å²) in [5, 5.41) is 5.03. The predicted molar refractivity (Wildman–Crippen MR) is 137 cm³/mol. The molecule has 2 aromatic carbocycles. The Morgan fingerprint density at radius 2 is 1.92 bits per heavy atom. The molecule has 186 valence electrons. The highest BCUT2D eigenvalue weighted by Gasteiger charge is 2.28. The fourth-order valence-electron chi connectivity index (χ4n) is 5.21. The zero-order valence-electron chi connectivity index (χ0n) is 21.1. The minimum absolute atomic E-state index is 0.271. The second-order valence-corrected chi connectivity index (χ2v) is 9.34. The van der Waals surface area contributed by atoms with Crippen LogP contribution < -0.4 is 19.1 Å². The van der Waals surface area contributed by atoms with Crippen molar-refractivity contribution in [1.82, 2.24) is 14.6 Å². The molecule has 4 aromatic rings. The van der Waals surface area contributed by atoms with Crippen molar-refractivity contribution in [2.75, 3.05) is 25.3 Å². The van der Waals surface area contributed by atoms with Gasteiger partial charge in [-0.25, -0.2) is 4.98 Å². The van der Waals surface area contributed by atoms with E-state index >= 15 is 0 Å². The van der Waals surface area contributed by atoms with Gasteiger partial charge in [-0.2, -0.15) is 9.61 Å². The van der Waals surface area contributed by atoms with E-state index in [0.717, 1.165) is 80.9 Å². The minimum Gasteiger partial charge on any atom is -0.497 e. The lowest BCUT2D eigenvalue weighted by Gasteiger charge is -2.27. The van der Waals surface area contributed by atoms with E-state index in [1.807, 2.05) is 16.6 Å². The van der Waals surface area contributed by atoms with E-state index in [0.29, 0.717) is 19.8 Å². The first-order valence-electron chi connectivity index (χ1n) is 12.3. The SMILES string of the molecule is CCCN(Cc1ccc2c(c1)OCO2)c1c2c(nc3c(-c4ccc(OC)cc4C)c(C)nn13)COC2. The van der Waals surface area contributed by atoms with Crippen LogP contribution in [0.25, 0.3) is 16.8 Å². The Balaban J connectivity index is 1.51. The molecule has 0 fully saturated rings. The van der Waals surface area contributed by atoms with Crippen LogP contribution in [-0.4, -0.2) is 35.0 Å². The Morgan fingerprint density at radius 1 is 1.06 bits per heavy atom. The maximum atomic E-state index is 5.88. The fourth-order valence-corrected chi connectivity index (χ4v) is 5.21. The molecule has 2 aliphatic rings. The molecule has 0 spiro atoms. The quantitative estimate of drug-likeness (QED) is 0.356. The number of aromatic nitrogens is 3. The Kier molecular flexibility index (Phi) is 5.68.